The van der Waals surface area contributed by atoms with Crippen LogP contribution < -0.4 is 15.4 Å². The fraction of sp³-hybridized carbons (Fsp3) is 0.320. The van der Waals surface area contributed by atoms with Gasteiger partial charge in [0.05, 0.1) is 21.1 Å². The maximum Gasteiger partial charge on any atom is 0.166 e. The molecule has 11 heteroatoms. The molecule has 4 aromatic rings. The van der Waals surface area contributed by atoms with Crippen molar-refractivity contribution in [1.82, 2.24) is 20.2 Å². The van der Waals surface area contributed by atoms with Crippen molar-refractivity contribution in [2.75, 3.05) is 31.7 Å². The third-order valence-electron chi connectivity index (χ3n) is 6.35. The Morgan fingerprint density at radius 3 is 2.64 bits per heavy atom. The first kappa shape index (κ1) is 24.7. The molecule has 0 spiro atoms. The molecule has 1 aromatic carbocycles. The molecule has 1 saturated heterocycles. The van der Waals surface area contributed by atoms with Gasteiger partial charge in [-0.25, -0.2) is 9.37 Å². The van der Waals surface area contributed by atoms with Crippen LogP contribution >= 0.6 is 23.2 Å². The van der Waals surface area contributed by atoms with E-state index in [-0.39, 0.29) is 11.4 Å². The van der Waals surface area contributed by atoms with Crippen LogP contribution in [0.2, 0.25) is 10.0 Å². The molecule has 3 aromatic heterocycles. The smallest absolute Gasteiger partial charge is 0.166 e. The van der Waals surface area contributed by atoms with E-state index in [9.17, 15) is 0 Å². The number of anilines is 1. The predicted molar refractivity (Wildman–Crippen MR) is 138 cm³/mol. The second-order valence-electron chi connectivity index (χ2n) is 9.05. The highest BCUT2D eigenvalue weighted by Gasteiger charge is 2.40. The minimum absolute atomic E-state index is 0.279. The van der Waals surface area contributed by atoms with Gasteiger partial charge in [-0.1, -0.05) is 23.2 Å². The molecule has 0 unspecified atom stereocenters. The number of halogens is 3. The van der Waals surface area contributed by atoms with Gasteiger partial charge in [-0.15, -0.1) is 0 Å². The largest absolute Gasteiger partial charge is 0.486 e. The standard InChI is InChI=1S/C25H25Cl2FN6O2/c1-14(22-18(26)10-30-11-19(22)27)36-16-3-4-21-17(8-16)23(33-32-21)15-7-20(28)24(31-9-15)34-12-25(29,13-34)5-6-35-2/h3-4,7-11,14H,5-6,12-13,29H2,1-2H3,(H,32,33)/t14-/m1/s1. The van der Waals surface area contributed by atoms with E-state index in [1.165, 1.54) is 18.5 Å². The van der Waals surface area contributed by atoms with Gasteiger partial charge in [0, 0.05) is 61.9 Å². The van der Waals surface area contributed by atoms with Crippen molar-refractivity contribution < 1.29 is 13.9 Å². The van der Waals surface area contributed by atoms with Crippen LogP contribution in [0.5, 0.6) is 5.75 Å². The molecule has 4 heterocycles. The van der Waals surface area contributed by atoms with Crippen molar-refractivity contribution in [1.29, 1.82) is 0 Å². The third kappa shape index (κ3) is 4.71. The zero-order valence-electron chi connectivity index (χ0n) is 19.8. The lowest BCUT2D eigenvalue weighted by Crippen LogP contribution is -2.68. The normalized spacial score (nSPS) is 15.7. The van der Waals surface area contributed by atoms with E-state index in [1.807, 2.05) is 30.0 Å². The lowest BCUT2D eigenvalue weighted by Gasteiger charge is -2.48. The fourth-order valence-electron chi connectivity index (χ4n) is 4.48. The predicted octanol–water partition coefficient (Wildman–Crippen LogP) is 5.16. The van der Waals surface area contributed by atoms with Crippen LogP contribution in [-0.2, 0) is 4.74 Å². The quantitative estimate of drug-likeness (QED) is 0.324. The molecule has 8 nitrogen and oxygen atoms in total. The highest BCUT2D eigenvalue weighted by molar-refractivity contribution is 6.35. The summed E-state index contributed by atoms with van der Waals surface area (Å²) in [5, 5.41) is 8.99. The van der Waals surface area contributed by atoms with Gasteiger partial charge in [0.15, 0.2) is 11.6 Å². The van der Waals surface area contributed by atoms with E-state index in [1.54, 1.807) is 13.3 Å². The van der Waals surface area contributed by atoms with E-state index in [4.69, 9.17) is 38.4 Å². The molecule has 1 aliphatic rings. The first-order valence-corrected chi connectivity index (χ1v) is 12.2. The number of rotatable bonds is 8. The van der Waals surface area contributed by atoms with Crippen LogP contribution in [0.25, 0.3) is 22.2 Å². The lowest BCUT2D eigenvalue weighted by molar-refractivity contribution is 0.155. The zero-order chi connectivity index (χ0) is 25.4. The van der Waals surface area contributed by atoms with Crippen molar-refractivity contribution in [3.8, 4) is 17.0 Å². The first-order chi connectivity index (χ1) is 17.3. The molecule has 0 aliphatic carbocycles. The van der Waals surface area contributed by atoms with Crippen molar-refractivity contribution in [2.45, 2.75) is 25.0 Å². The van der Waals surface area contributed by atoms with Crippen LogP contribution in [0.15, 0.2) is 42.9 Å². The Kier molecular flexibility index (Phi) is 6.74. The monoisotopic (exact) mass is 530 g/mol. The number of pyridine rings is 2. The van der Waals surface area contributed by atoms with E-state index in [2.05, 4.69) is 20.2 Å². The van der Waals surface area contributed by atoms with Crippen LogP contribution in [0.1, 0.15) is 25.0 Å². The molecule has 3 N–H and O–H groups in total. The molecule has 1 aliphatic heterocycles. The number of fused-ring (bicyclic) bond motifs is 1. The highest BCUT2D eigenvalue weighted by Crippen LogP contribution is 2.36. The summed E-state index contributed by atoms with van der Waals surface area (Å²) in [7, 11) is 1.64. The lowest BCUT2D eigenvalue weighted by atomic mass is 9.88. The molecule has 36 heavy (non-hydrogen) atoms. The van der Waals surface area contributed by atoms with Crippen LogP contribution in [0.3, 0.4) is 0 Å². The van der Waals surface area contributed by atoms with Gasteiger partial charge in [0.2, 0.25) is 0 Å². The summed E-state index contributed by atoms with van der Waals surface area (Å²) >= 11 is 12.6. The van der Waals surface area contributed by atoms with Crippen molar-refractivity contribution in [3.05, 3.63) is 64.3 Å². The maximum atomic E-state index is 15.1. The number of hydrogen-bond acceptors (Lipinski definition) is 7. The molecule has 188 valence electrons. The van der Waals surface area contributed by atoms with Gasteiger partial charge in [-0.05, 0) is 37.6 Å². The van der Waals surface area contributed by atoms with Crippen molar-refractivity contribution >= 4 is 39.9 Å². The van der Waals surface area contributed by atoms with Gasteiger partial charge in [0.1, 0.15) is 17.5 Å². The topological polar surface area (TPSA) is 102 Å². The molecule has 1 fully saturated rings. The molecule has 0 bridgehead atoms. The number of benzene rings is 1. The summed E-state index contributed by atoms with van der Waals surface area (Å²) in [5.74, 6) is 0.434. The van der Waals surface area contributed by atoms with E-state index >= 15 is 4.39 Å². The first-order valence-electron chi connectivity index (χ1n) is 11.4. The Morgan fingerprint density at radius 2 is 1.94 bits per heavy atom. The fourth-order valence-corrected chi connectivity index (χ4v) is 5.15. The number of hydrogen-bond donors (Lipinski definition) is 2. The van der Waals surface area contributed by atoms with E-state index in [0.717, 1.165) is 10.9 Å². The number of aromatic nitrogens is 4. The number of nitrogens with zero attached hydrogens (tertiary/aromatic N) is 4. The van der Waals surface area contributed by atoms with Crippen molar-refractivity contribution in [3.63, 3.8) is 0 Å². The minimum Gasteiger partial charge on any atom is -0.486 e. The summed E-state index contributed by atoms with van der Waals surface area (Å²) in [6, 6.07) is 6.95. The maximum absolute atomic E-state index is 15.1. The highest BCUT2D eigenvalue weighted by atomic mass is 35.5. The summed E-state index contributed by atoms with van der Waals surface area (Å²) in [4.78, 5) is 10.2. The molecule has 0 saturated carbocycles. The van der Waals surface area contributed by atoms with Gasteiger partial charge < -0.3 is 20.1 Å². The molecular weight excluding hydrogens is 506 g/mol. The number of methoxy groups -OCH3 is 1. The Balaban J connectivity index is 1.37. The van der Waals surface area contributed by atoms with Gasteiger partial charge in [0.25, 0.3) is 0 Å². The summed E-state index contributed by atoms with van der Waals surface area (Å²) < 4.78 is 26.3. The molecule has 1 atom stereocenters. The Hall–Kier alpha value is -2.98. The SMILES string of the molecule is COCCC1(N)CN(c2ncc(-c3n[nH]c4ccc(O[C@H](C)c5c(Cl)cncc5Cl)cc34)cc2F)C1. The summed E-state index contributed by atoms with van der Waals surface area (Å²) in [6.07, 6.45) is 4.96. The molecule has 0 radical (unpaired) electrons. The number of ether oxygens (including phenoxy) is 2. The third-order valence-corrected chi connectivity index (χ3v) is 6.96. The summed E-state index contributed by atoms with van der Waals surface area (Å²) in [5.41, 5.74) is 8.48. The number of nitrogens with one attached hydrogen (secondary N) is 1. The van der Waals surface area contributed by atoms with Crippen LogP contribution in [0, 0.1) is 5.82 Å². The Morgan fingerprint density at radius 1 is 1.19 bits per heavy atom. The Bertz CT molecular complexity index is 1390. The summed E-state index contributed by atoms with van der Waals surface area (Å²) in [6.45, 7) is 3.47. The second-order valence-corrected chi connectivity index (χ2v) is 9.86. The van der Waals surface area contributed by atoms with Gasteiger partial charge in [-0.3, -0.25) is 10.1 Å². The zero-order valence-corrected chi connectivity index (χ0v) is 21.3. The number of nitrogens with two attached hydrogens (primary N) is 1. The van der Waals surface area contributed by atoms with Gasteiger partial charge in [-0.2, -0.15) is 5.10 Å². The van der Waals surface area contributed by atoms with E-state index < -0.39 is 11.9 Å². The number of H-pyrrole nitrogens is 1. The second kappa shape index (κ2) is 9.82. The van der Waals surface area contributed by atoms with Crippen LogP contribution in [0.4, 0.5) is 10.2 Å². The molecular formula is C25H25Cl2FN6O2. The minimum atomic E-state index is -0.430. The van der Waals surface area contributed by atoms with E-state index in [0.29, 0.717) is 58.7 Å². The van der Waals surface area contributed by atoms with Crippen molar-refractivity contribution in [2.24, 2.45) is 5.73 Å². The number of aromatic amines is 1. The van der Waals surface area contributed by atoms with Gasteiger partial charge >= 0.3 is 0 Å². The Labute approximate surface area is 217 Å². The van der Waals surface area contributed by atoms with Crippen LogP contribution in [-0.4, -0.2) is 52.5 Å². The molecule has 5 rings (SSSR count). The average molecular weight is 531 g/mol. The average Bonchev–Trinajstić information content (AvgIpc) is 3.24. The molecule has 0 amide bonds.